The second-order valence-electron chi connectivity index (χ2n) is 3.76. The summed E-state index contributed by atoms with van der Waals surface area (Å²) in [6, 6.07) is 0.309. The molecule has 2 aliphatic rings. The molecule has 0 aromatic rings. The predicted molar refractivity (Wildman–Crippen MR) is 46.6 cm³/mol. The Morgan fingerprint density at radius 3 is 2.27 bits per heavy atom. The fraction of sp³-hybridized carbons (Fsp3) is 1.00. The second-order valence-corrected chi connectivity index (χ2v) is 3.76. The fourth-order valence-electron chi connectivity index (χ4n) is 2.73. The fourth-order valence-corrected chi connectivity index (χ4v) is 2.73. The van der Waals surface area contributed by atoms with Crippen LogP contribution in [0.2, 0.25) is 0 Å². The Balaban J connectivity index is 0.000000605. The van der Waals surface area contributed by atoms with Gasteiger partial charge in [-0.2, -0.15) is 0 Å². The van der Waals surface area contributed by atoms with Crippen molar-refractivity contribution < 1.29 is 5.11 Å². The number of halogens is 1. The van der Waals surface area contributed by atoms with E-state index < -0.39 is 0 Å². The molecule has 0 radical (unpaired) electrons. The smallest absolute Gasteiger partial charge is 0.0476 e. The maximum absolute atomic E-state index is 8.98. The monoisotopic (exact) mass is 177 g/mol. The molecule has 0 heterocycles. The standard InChI is InChI=1S/C8H15NO.ClH/c9-8-6-2-1-5(3-6)7(8)4-10;/h5-8,10H,1-4,9H2;1H/t5-,6+,7+,8-;/m1./s1. The van der Waals surface area contributed by atoms with Crippen molar-refractivity contribution in [3.63, 3.8) is 0 Å². The lowest BCUT2D eigenvalue weighted by molar-refractivity contribution is 0.159. The lowest BCUT2D eigenvalue weighted by Gasteiger charge is -2.25. The lowest BCUT2D eigenvalue weighted by Crippen LogP contribution is -2.37. The maximum atomic E-state index is 8.98. The van der Waals surface area contributed by atoms with Crippen molar-refractivity contribution in [2.75, 3.05) is 6.61 Å². The summed E-state index contributed by atoms with van der Waals surface area (Å²) in [6.07, 6.45) is 3.90. The van der Waals surface area contributed by atoms with Crippen LogP contribution in [0.3, 0.4) is 0 Å². The minimum absolute atomic E-state index is 0. The van der Waals surface area contributed by atoms with Crippen molar-refractivity contribution in [3.8, 4) is 0 Å². The van der Waals surface area contributed by atoms with Crippen molar-refractivity contribution in [2.45, 2.75) is 25.3 Å². The van der Waals surface area contributed by atoms with Crippen LogP contribution in [0, 0.1) is 17.8 Å². The first-order chi connectivity index (χ1) is 4.83. The van der Waals surface area contributed by atoms with Crippen LogP contribution in [0.5, 0.6) is 0 Å². The van der Waals surface area contributed by atoms with Gasteiger partial charge in [-0.3, -0.25) is 0 Å². The van der Waals surface area contributed by atoms with Gasteiger partial charge in [-0.05, 0) is 31.1 Å². The minimum Gasteiger partial charge on any atom is -0.396 e. The van der Waals surface area contributed by atoms with Crippen LogP contribution in [-0.2, 0) is 0 Å². The highest BCUT2D eigenvalue weighted by Gasteiger charge is 2.44. The van der Waals surface area contributed by atoms with Crippen LogP contribution in [-0.4, -0.2) is 17.8 Å². The molecule has 0 spiro atoms. The summed E-state index contributed by atoms with van der Waals surface area (Å²) >= 11 is 0. The van der Waals surface area contributed by atoms with E-state index in [4.69, 9.17) is 10.8 Å². The van der Waals surface area contributed by atoms with Crippen LogP contribution < -0.4 is 5.73 Å². The molecule has 0 aromatic heterocycles. The molecule has 11 heavy (non-hydrogen) atoms. The second kappa shape index (κ2) is 3.30. The first-order valence-electron chi connectivity index (χ1n) is 4.19. The molecule has 0 amide bonds. The van der Waals surface area contributed by atoms with Crippen LogP contribution in [0.15, 0.2) is 0 Å². The zero-order chi connectivity index (χ0) is 7.14. The topological polar surface area (TPSA) is 46.2 Å². The Labute approximate surface area is 73.6 Å². The molecule has 3 N–H and O–H groups in total. The van der Waals surface area contributed by atoms with E-state index in [9.17, 15) is 0 Å². The van der Waals surface area contributed by atoms with Gasteiger partial charge in [0.2, 0.25) is 0 Å². The Hall–Kier alpha value is 0.210. The van der Waals surface area contributed by atoms with Crippen molar-refractivity contribution in [1.82, 2.24) is 0 Å². The van der Waals surface area contributed by atoms with E-state index in [0.29, 0.717) is 18.6 Å². The highest BCUT2D eigenvalue weighted by Crippen LogP contribution is 2.47. The summed E-state index contributed by atoms with van der Waals surface area (Å²) in [5, 5.41) is 8.98. The number of hydrogen-bond donors (Lipinski definition) is 2. The quantitative estimate of drug-likeness (QED) is 0.622. The summed E-state index contributed by atoms with van der Waals surface area (Å²) < 4.78 is 0. The van der Waals surface area contributed by atoms with E-state index in [1.54, 1.807) is 0 Å². The number of nitrogens with two attached hydrogens (primary N) is 1. The lowest BCUT2D eigenvalue weighted by atomic mass is 9.86. The Morgan fingerprint density at radius 2 is 1.91 bits per heavy atom. The highest BCUT2D eigenvalue weighted by atomic mass is 35.5. The third kappa shape index (κ3) is 1.28. The molecule has 0 aliphatic heterocycles. The third-order valence-electron chi connectivity index (χ3n) is 3.37. The largest absolute Gasteiger partial charge is 0.396 e. The molecule has 66 valence electrons. The molecule has 0 unspecified atom stereocenters. The number of aliphatic hydroxyl groups excluding tert-OH is 1. The van der Waals surface area contributed by atoms with Crippen molar-refractivity contribution >= 4 is 12.4 Å². The Bertz CT molecular complexity index is 140. The van der Waals surface area contributed by atoms with Gasteiger partial charge in [0, 0.05) is 18.6 Å². The van der Waals surface area contributed by atoms with Crippen LogP contribution in [0.25, 0.3) is 0 Å². The van der Waals surface area contributed by atoms with Gasteiger partial charge in [0.15, 0.2) is 0 Å². The van der Waals surface area contributed by atoms with Gasteiger partial charge in [-0.15, -0.1) is 12.4 Å². The molecule has 2 rings (SSSR count). The Morgan fingerprint density at radius 1 is 1.27 bits per heavy atom. The van der Waals surface area contributed by atoms with Crippen LogP contribution in [0.1, 0.15) is 19.3 Å². The number of aliphatic hydroxyl groups is 1. The van der Waals surface area contributed by atoms with Gasteiger partial charge in [0.25, 0.3) is 0 Å². The first-order valence-corrected chi connectivity index (χ1v) is 4.19. The van der Waals surface area contributed by atoms with Gasteiger partial charge in [-0.1, -0.05) is 0 Å². The van der Waals surface area contributed by atoms with E-state index in [0.717, 1.165) is 11.8 Å². The summed E-state index contributed by atoms with van der Waals surface area (Å²) in [6.45, 7) is 0.308. The number of rotatable bonds is 1. The van der Waals surface area contributed by atoms with Crippen molar-refractivity contribution in [1.29, 1.82) is 0 Å². The van der Waals surface area contributed by atoms with Crippen molar-refractivity contribution in [3.05, 3.63) is 0 Å². The van der Waals surface area contributed by atoms with Gasteiger partial charge in [-0.25, -0.2) is 0 Å². The normalized spacial score (nSPS) is 47.5. The van der Waals surface area contributed by atoms with E-state index in [2.05, 4.69) is 0 Å². The molecule has 2 aliphatic carbocycles. The Kier molecular flexibility index (Phi) is 2.79. The van der Waals surface area contributed by atoms with Crippen LogP contribution >= 0.6 is 12.4 Å². The molecule has 2 saturated carbocycles. The van der Waals surface area contributed by atoms with Gasteiger partial charge in [0.05, 0.1) is 0 Å². The summed E-state index contributed by atoms with van der Waals surface area (Å²) in [5.74, 6) is 1.92. The molecule has 0 aromatic carbocycles. The van der Waals surface area contributed by atoms with Gasteiger partial charge >= 0.3 is 0 Å². The van der Waals surface area contributed by atoms with E-state index in [1.807, 2.05) is 0 Å². The zero-order valence-corrected chi connectivity index (χ0v) is 7.39. The summed E-state index contributed by atoms with van der Waals surface area (Å²) in [5.41, 5.74) is 5.91. The number of fused-ring (bicyclic) bond motifs is 2. The molecule has 2 bridgehead atoms. The van der Waals surface area contributed by atoms with Gasteiger partial charge < -0.3 is 10.8 Å². The molecule has 2 fully saturated rings. The van der Waals surface area contributed by atoms with Crippen LogP contribution in [0.4, 0.5) is 0 Å². The maximum Gasteiger partial charge on any atom is 0.0476 e. The third-order valence-corrected chi connectivity index (χ3v) is 3.37. The molecular formula is C8H16ClNO. The van der Waals surface area contributed by atoms with Crippen molar-refractivity contribution in [2.24, 2.45) is 23.5 Å². The molecule has 3 heteroatoms. The number of hydrogen-bond acceptors (Lipinski definition) is 2. The molecular weight excluding hydrogens is 162 g/mol. The molecule has 2 nitrogen and oxygen atoms in total. The molecule has 0 saturated heterocycles. The minimum atomic E-state index is 0. The average molecular weight is 178 g/mol. The summed E-state index contributed by atoms with van der Waals surface area (Å²) in [4.78, 5) is 0. The average Bonchev–Trinajstić information content (AvgIpc) is 2.46. The van der Waals surface area contributed by atoms with E-state index in [1.165, 1.54) is 19.3 Å². The van der Waals surface area contributed by atoms with E-state index >= 15 is 0 Å². The zero-order valence-electron chi connectivity index (χ0n) is 6.57. The van der Waals surface area contributed by atoms with Gasteiger partial charge in [0.1, 0.15) is 0 Å². The summed E-state index contributed by atoms with van der Waals surface area (Å²) in [7, 11) is 0. The molecule has 4 atom stereocenters. The SMILES string of the molecule is Cl.N[C@@H]1[C@H]2CC[C@H](C2)[C@@H]1CO. The highest BCUT2D eigenvalue weighted by molar-refractivity contribution is 5.85. The van der Waals surface area contributed by atoms with E-state index in [-0.39, 0.29) is 12.4 Å². The predicted octanol–water partition coefficient (Wildman–Crippen LogP) is 0.774. The first kappa shape index (κ1) is 9.30.